The van der Waals surface area contributed by atoms with Gasteiger partial charge in [-0.2, -0.15) is 0 Å². The number of hydrogen-bond acceptors (Lipinski definition) is 6. The van der Waals surface area contributed by atoms with Crippen LogP contribution in [0.4, 0.5) is 5.69 Å². The van der Waals surface area contributed by atoms with E-state index in [4.69, 9.17) is 5.73 Å². The van der Waals surface area contributed by atoms with Gasteiger partial charge in [0.25, 0.3) is 11.8 Å². The Labute approximate surface area is 204 Å². The highest BCUT2D eigenvalue weighted by Crippen LogP contribution is 2.35. The fraction of sp³-hybridized carbons (Fsp3) is 0.385. The predicted molar refractivity (Wildman–Crippen MR) is 134 cm³/mol. The van der Waals surface area contributed by atoms with Crippen molar-refractivity contribution in [1.82, 2.24) is 10.2 Å². The topological polar surface area (TPSA) is 116 Å². The van der Waals surface area contributed by atoms with Gasteiger partial charge in [-0.1, -0.05) is 48.5 Å². The molecule has 1 saturated heterocycles. The Balaban J connectivity index is 1.26. The second-order valence-electron chi connectivity index (χ2n) is 8.80. The van der Waals surface area contributed by atoms with Gasteiger partial charge < -0.3 is 26.2 Å². The summed E-state index contributed by atoms with van der Waals surface area (Å²) in [6, 6.07) is 17.3. The summed E-state index contributed by atoms with van der Waals surface area (Å²) in [5.41, 5.74) is 8.60. The molecule has 2 aliphatic rings. The van der Waals surface area contributed by atoms with Crippen LogP contribution in [0.15, 0.2) is 65.6 Å². The minimum absolute atomic E-state index is 0.161. The van der Waals surface area contributed by atoms with E-state index in [0.717, 1.165) is 31.2 Å². The largest absolute Gasteiger partial charge is 0.399 e. The molecule has 8 heteroatoms. The van der Waals surface area contributed by atoms with Gasteiger partial charge in [-0.15, -0.1) is 11.8 Å². The summed E-state index contributed by atoms with van der Waals surface area (Å²) in [6.07, 6.45) is 1.73. The number of nitrogen functional groups attached to an aromatic ring is 1. The summed E-state index contributed by atoms with van der Waals surface area (Å²) in [5.74, 6) is -1.38. The number of aliphatic hydroxyl groups is 2. The lowest BCUT2D eigenvalue weighted by atomic mass is 10.0. The molecule has 180 valence electrons. The minimum atomic E-state index is -1.82. The number of aliphatic hydroxyl groups excluding tert-OH is 2. The molecule has 4 atom stereocenters. The van der Waals surface area contributed by atoms with Crippen LogP contribution in [-0.4, -0.2) is 57.5 Å². The van der Waals surface area contributed by atoms with Crippen LogP contribution in [0, 0.1) is 0 Å². The third-order valence-corrected chi connectivity index (χ3v) is 7.61. The van der Waals surface area contributed by atoms with E-state index < -0.39 is 24.0 Å². The number of nitrogens with two attached hydrogens (primary N) is 1. The molecular weight excluding hydrogens is 450 g/mol. The molecule has 0 radical (unpaired) electrons. The highest BCUT2D eigenvalue weighted by Gasteiger charge is 2.38. The van der Waals surface area contributed by atoms with Crippen LogP contribution in [0.3, 0.4) is 0 Å². The summed E-state index contributed by atoms with van der Waals surface area (Å²) in [4.78, 5) is 28.2. The van der Waals surface area contributed by atoms with Gasteiger partial charge >= 0.3 is 0 Å². The molecule has 2 aromatic rings. The molecule has 0 aliphatic carbocycles. The van der Waals surface area contributed by atoms with E-state index in [1.807, 2.05) is 36.4 Å². The van der Waals surface area contributed by atoms with Crippen molar-refractivity contribution in [3.63, 3.8) is 0 Å². The van der Waals surface area contributed by atoms with Crippen LogP contribution in [0.25, 0.3) is 0 Å². The Kier molecular flexibility index (Phi) is 7.92. The molecule has 2 unspecified atom stereocenters. The Hall–Kier alpha value is -2.81. The summed E-state index contributed by atoms with van der Waals surface area (Å²) >= 11 is 1.71. The first-order valence-corrected chi connectivity index (χ1v) is 12.5. The number of carbonyl (C=O) groups is 2. The van der Waals surface area contributed by atoms with Crippen molar-refractivity contribution in [1.29, 1.82) is 0 Å². The fourth-order valence-corrected chi connectivity index (χ4v) is 5.75. The lowest BCUT2D eigenvalue weighted by Gasteiger charge is -2.29. The van der Waals surface area contributed by atoms with Crippen LogP contribution in [0.2, 0.25) is 0 Å². The second-order valence-corrected chi connectivity index (χ2v) is 10.2. The van der Waals surface area contributed by atoms with Gasteiger partial charge in [-0.25, -0.2) is 0 Å². The molecule has 2 aliphatic heterocycles. The minimum Gasteiger partial charge on any atom is -0.399 e. The maximum absolute atomic E-state index is 12.9. The van der Waals surface area contributed by atoms with Crippen molar-refractivity contribution in [3.05, 3.63) is 76.7 Å². The van der Waals surface area contributed by atoms with E-state index in [-0.39, 0.29) is 11.3 Å². The van der Waals surface area contributed by atoms with Gasteiger partial charge in [0.15, 0.2) is 12.2 Å². The number of nitrogens with zero attached hydrogens (tertiary/aromatic N) is 1. The number of allylic oxidation sites excluding steroid dienone is 2. The summed E-state index contributed by atoms with van der Waals surface area (Å²) in [5, 5.41) is 23.7. The van der Waals surface area contributed by atoms with Crippen molar-refractivity contribution in [3.8, 4) is 0 Å². The number of rotatable bonds is 8. The molecule has 7 nitrogen and oxygen atoms in total. The standard InChI is InChI=1S/C26H31N3O4S/c27-19-9-4-8-18(15-19)22-10-5-13-29(22)26(33)24(31)23(30)25(32)28-16-21-12-11-20(34-21)14-17-6-2-1-3-7-17/h1-4,6-9,11,15,21-24,30-31H,5,10,12-14,16,27H2,(H,28,32)/t21?,22?,23-,24-/m1/s1. The molecule has 1 fully saturated rings. The third kappa shape index (κ3) is 5.81. The monoisotopic (exact) mass is 481 g/mol. The second kappa shape index (κ2) is 11.1. The zero-order valence-corrected chi connectivity index (χ0v) is 19.8. The highest BCUT2D eigenvalue weighted by molar-refractivity contribution is 8.03. The van der Waals surface area contributed by atoms with Crippen LogP contribution >= 0.6 is 11.8 Å². The number of nitrogens with one attached hydrogen (secondary N) is 1. The lowest BCUT2D eigenvalue weighted by Crippen LogP contribution is -2.51. The van der Waals surface area contributed by atoms with Gasteiger partial charge in [0, 0.05) is 30.4 Å². The number of carbonyl (C=O) groups excluding carboxylic acids is 2. The maximum atomic E-state index is 12.9. The Morgan fingerprint density at radius 3 is 2.68 bits per heavy atom. The number of thioether (sulfide) groups is 1. The van der Waals surface area contributed by atoms with Gasteiger partial charge in [0.05, 0.1) is 6.04 Å². The molecule has 0 bridgehead atoms. The van der Waals surface area contributed by atoms with Crippen LogP contribution in [-0.2, 0) is 16.0 Å². The van der Waals surface area contributed by atoms with Gasteiger partial charge in [-0.05, 0) is 47.4 Å². The fourth-order valence-electron chi connectivity index (χ4n) is 4.52. The number of amides is 2. The molecule has 5 N–H and O–H groups in total. The van der Waals surface area contributed by atoms with Crippen molar-refractivity contribution in [2.75, 3.05) is 18.8 Å². The molecule has 0 aromatic heterocycles. The SMILES string of the molecule is Nc1cccc(C2CCCN2C(=O)[C@H](O)[C@@H](O)C(=O)NCC2CC=C(Cc3ccccc3)S2)c1. The average Bonchev–Trinajstić information content (AvgIpc) is 3.51. The first-order valence-electron chi connectivity index (χ1n) is 11.6. The first-order chi connectivity index (χ1) is 16.4. The normalized spacial score (nSPS) is 21.7. The number of benzene rings is 2. The van der Waals surface area contributed by atoms with Crippen molar-refractivity contribution in [2.24, 2.45) is 0 Å². The van der Waals surface area contributed by atoms with E-state index in [1.165, 1.54) is 15.4 Å². The zero-order valence-electron chi connectivity index (χ0n) is 19.0. The number of anilines is 1. The van der Waals surface area contributed by atoms with Gasteiger partial charge in [0.1, 0.15) is 0 Å². The third-order valence-electron chi connectivity index (χ3n) is 6.30. The molecule has 2 heterocycles. The predicted octanol–water partition coefficient (Wildman–Crippen LogP) is 2.40. The Bertz CT molecular complexity index is 1050. The van der Waals surface area contributed by atoms with Crippen LogP contribution < -0.4 is 11.1 Å². The average molecular weight is 482 g/mol. The van der Waals surface area contributed by atoms with E-state index in [2.05, 4.69) is 23.5 Å². The molecule has 0 saturated carbocycles. The quantitative estimate of drug-likeness (QED) is 0.431. The summed E-state index contributed by atoms with van der Waals surface area (Å²) in [6.45, 7) is 0.810. The summed E-state index contributed by atoms with van der Waals surface area (Å²) in [7, 11) is 0. The molecule has 2 aromatic carbocycles. The van der Waals surface area contributed by atoms with Crippen molar-refractivity contribution < 1.29 is 19.8 Å². The van der Waals surface area contributed by atoms with E-state index in [9.17, 15) is 19.8 Å². The molecule has 4 rings (SSSR count). The molecule has 34 heavy (non-hydrogen) atoms. The highest BCUT2D eigenvalue weighted by atomic mass is 32.2. The lowest BCUT2D eigenvalue weighted by molar-refractivity contribution is -0.153. The Morgan fingerprint density at radius 1 is 1.12 bits per heavy atom. The number of hydrogen-bond donors (Lipinski definition) is 4. The van der Waals surface area contributed by atoms with E-state index in [0.29, 0.717) is 18.8 Å². The molecule has 2 amide bonds. The smallest absolute Gasteiger partial charge is 0.255 e. The van der Waals surface area contributed by atoms with E-state index in [1.54, 1.807) is 17.8 Å². The Morgan fingerprint density at radius 2 is 1.91 bits per heavy atom. The van der Waals surface area contributed by atoms with Gasteiger partial charge in [0.2, 0.25) is 0 Å². The van der Waals surface area contributed by atoms with Gasteiger partial charge in [-0.3, -0.25) is 9.59 Å². The summed E-state index contributed by atoms with van der Waals surface area (Å²) < 4.78 is 0. The van der Waals surface area contributed by atoms with Crippen molar-refractivity contribution >= 4 is 29.3 Å². The van der Waals surface area contributed by atoms with E-state index >= 15 is 0 Å². The zero-order chi connectivity index (χ0) is 24.1. The molecule has 0 spiro atoms. The number of likely N-dealkylation sites (tertiary alicyclic amines) is 1. The van der Waals surface area contributed by atoms with Crippen molar-refractivity contribution in [2.45, 2.75) is 49.2 Å². The van der Waals surface area contributed by atoms with Crippen LogP contribution in [0.1, 0.15) is 36.4 Å². The molecular formula is C26H31N3O4S. The van der Waals surface area contributed by atoms with Crippen LogP contribution in [0.5, 0.6) is 0 Å². The maximum Gasteiger partial charge on any atom is 0.255 e. The first kappa shape index (κ1) is 24.3.